The van der Waals surface area contributed by atoms with Crippen LogP contribution in [0.4, 0.5) is 0 Å². The summed E-state index contributed by atoms with van der Waals surface area (Å²) in [5, 5.41) is 2.77. The minimum Gasteiger partial charge on any atom is -0.299 e. The summed E-state index contributed by atoms with van der Waals surface area (Å²) in [5.74, 6) is -0.705. The lowest BCUT2D eigenvalue weighted by Crippen LogP contribution is -2.21. The van der Waals surface area contributed by atoms with Crippen LogP contribution in [0.2, 0.25) is 0 Å². The second-order valence-electron chi connectivity index (χ2n) is 5.18. The van der Waals surface area contributed by atoms with E-state index in [0.717, 1.165) is 9.83 Å². The van der Waals surface area contributed by atoms with E-state index in [2.05, 4.69) is 27.7 Å². The van der Waals surface area contributed by atoms with Crippen molar-refractivity contribution in [1.29, 1.82) is 0 Å². The molecule has 2 aromatic rings. The van der Waals surface area contributed by atoms with Crippen molar-refractivity contribution in [3.63, 3.8) is 0 Å². The molecule has 0 saturated carbocycles. The van der Waals surface area contributed by atoms with Crippen molar-refractivity contribution in [2.75, 3.05) is 6.26 Å². The van der Waals surface area contributed by atoms with Crippen LogP contribution in [0.5, 0.6) is 0 Å². The quantitative estimate of drug-likeness (QED) is 0.582. The second kappa shape index (κ2) is 5.99. The number of H-pyrrole nitrogens is 1. The molecule has 1 N–H and O–H groups in total. The Kier molecular flexibility index (Phi) is 4.62. The smallest absolute Gasteiger partial charge is 0.277 e. The molecule has 1 aromatic carbocycles. The molecular weight excluding hydrogens is 419 g/mol. The molecular formula is C14H15IN2O4S. The van der Waals surface area contributed by atoms with Gasteiger partial charge in [-0.25, -0.2) is 8.42 Å². The molecule has 0 radical (unpaired) electrons. The number of halogens is 1. The zero-order valence-corrected chi connectivity index (χ0v) is 15.3. The molecule has 1 aromatic heterocycles. The molecule has 0 aliphatic heterocycles. The van der Waals surface area contributed by atoms with E-state index in [4.69, 9.17) is 0 Å². The van der Waals surface area contributed by atoms with Crippen molar-refractivity contribution in [2.24, 2.45) is 7.05 Å². The van der Waals surface area contributed by atoms with Crippen LogP contribution in [-0.2, 0) is 22.6 Å². The largest absolute Gasteiger partial charge is 0.299 e. The van der Waals surface area contributed by atoms with Gasteiger partial charge in [0.15, 0.2) is 9.84 Å². The molecule has 0 saturated heterocycles. The van der Waals surface area contributed by atoms with Gasteiger partial charge in [-0.05, 0) is 53.3 Å². The molecule has 0 spiro atoms. The van der Waals surface area contributed by atoms with Crippen LogP contribution < -0.4 is 5.56 Å². The maximum atomic E-state index is 12.7. The van der Waals surface area contributed by atoms with E-state index in [-0.39, 0.29) is 16.9 Å². The van der Waals surface area contributed by atoms with Crippen LogP contribution in [-0.4, -0.2) is 30.2 Å². The van der Waals surface area contributed by atoms with Crippen LogP contribution in [0.25, 0.3) is 0 Å². The molecule has 22 heavy (non-hydrogen) atoms. The normalized spacial score (nSPS) is 11.6. The van der Waals surface area contributed by atoms with Crippen LogP contribution in [0.1, 0.15) is 27.2 Å². The van der Waals surface area contributed by atoms with Crippen LogP contribution in [0.15, 0.2) is 23.0 Å². The minimum atomic E-state index is -3.29. The van der Waals surface area contributed by atoms with Gasteiger partial charge in [-0.15, -0.1) is 0 Å². The zero-order valence-electron chi connectivity index (χ0n) is 12.3. The Morgan fingerprint density at radius 3 is 2.50 bits per heavy atom. The van der Waals surface area contributed by atoms with E-state index in [1.54, 1.807) is 25.1 Å². The Labute approximate surface area is 141 Å². The number of aromatic nitrogens is 2. The molecule has 0 fully saturated rings. The van der Waals surface area contributed by atoms with Gasteiger partial charge in [-0.3, -0.25) is 19.4 Å². The third-order valence-electron chi connectivity index (χ3n) is 3.19. The number of aromatic amines is 1. The van der Waals surface area contributed by atoms with Gasteiger partial charge in [-0.1, -0.05) is 0 Å². The lowest BCUT2D eigenvalue weighted by molar-refractivity contribution is 0.103. The van der Waals surface area contributed by atoms with E-state index < -0.39 is 21.2 Å². The summed E-state index contributed by atoms with van der Waals surface area (Å²) in [6, 6.07) is 4.93. The summed E-state index contributed by atoms with van der Waals surface area (Å²) in [7, 11) is -1.77. The SMILES string of the molecule is Cc1[nH]n(C)c(=O)c1C(=O)c1ccc(I)cc1CS(C)(=O)=O. The molecule has 0 atom stereocenters. The van der Waals surface area contributed by atoms with Gasteiger partial charge in [0.1, 0.15) is 5.56 Å². The lowest BCUT2D eigenvalue weighted by Gasteiger charge is -2.08. The topological polar surface area (TPSA) is 89.0 Å². The Bertz CT molecular complexity index is 909. The number of aryl methyl sites for hydroxylation is 2. The van der Waals surface area contributed by atoms with Crippen molar-refractivity contribution >= 4 is 38.2 Å². The Balaban J connectivity index is 2.62. The first-order valence-corrected chi connectivity index (χ1v) is 9.50. The fourth-order valence-corrected chi connectivity index (χ4v) is 3.63. The number of sulfone groups is 1. The highest BCUT2D eigenvalue weighted by molar-refractivity contribution is 14.1. The molecule has 6 nitrogen and oxygen atoms in total. The maximum Gasteiger partial charge on any atom is 0.277 e. The van der Waals surface area contributed by atoms with Crippen molar-refractivity contribution < 1.29 is 13.2 Å². The fraction of sp³-hybridized carbons (Fsp3) is 0.286. The maximum absolute atomic E-state index is 12.7. The highest BCUT2D eigenvalue weighted by Gasteiger charge is 2.22. The van der Waals surface area contributed by atoms with Crippen molar-refractivity contribution in [3.8, 4) is 0 Å². The van der Waals surface area contributed by atoms with E-state index in [1.807, 2.05) is 0 Å². The molecule has 0 amide bonds. The van der Waals surface area contributed by atoms with Gasteiger partial charge >= 0.3 is 0 Å². The first-order valence-electron chi connectivity index (χ1n) is 6.36. The molecule has 0 bridgehead atoms. The molecule has 0 aliphatic rings. The number of benzene rings is 1. The highest BCUT2D eigenvalue weighted by Crippen LogP contribution is 2.20. The average molecular weight is 434 g/mol. The average Bonchev–Trinajstić information content (AvgIpc) is 2.60. The summed E-state index contributed by atoms with van der Waals surface area (Å²) < 4.78 is 25.2. The number of hydrogen-bond acceptors (Lipinski definition) is 4. The molecule has 8 heteroatoms. The Morgan fingerprint density at radius 2 is 2.00 bits per heavy atom. The Morgan fingerprint density at radius 1 is 1.36 bits per heavy atom. The van der Waals surface area contributed by atoms with Gasteiger partial charge in [-0.2, -0.15) is 0 Å². The molecule has 118 valence electrons. The fourth-order valence-electron chi connectivity index (χ4n) is 2.27. The number of rotatable bonds is 4. The van der Waals surface area contributed by atoms with Gasteiger partial charge < -0.3 is 0 Å². The highest BCUT2D eigenvalue weighted by atomic mass is 127. The Hall–Kier alpha value is -1.42. The number of hydrogen-bond donors (Lipinski definition) is 1. The van der Waals surface area contributed by atoms with Crippen molar-refractivity contribution in [3.05, 3.63) is 54.5 Å². The molecule has 0 aliphatic carbocycles. The van der Waals surface area contributed by atoms with E-state index in [0.29, 0.717) is 11.3 Å². The molecule has 1 heterocycles. The van der Waals surface area contributed by atoms with Crippen LogP contribution in [0, 0.1) is 10.5 Å². The second-order valence-corrected chi connectivity index (χ2v) is 8.56. The van der Waals surface area contributed by atoms with E-state index >= 15 is 0 Å². The number of nitrogens with one attached hydrogen (secondary N) is 1. The lowest BCUT2D eigenvalue weighted by atomic mass is 9.99. The van der Waals surface area contributed by atoms with Gasteiger partial charge in [0.2, 0.25) is 5.78 Å². The number of carbonyl (C=O) groups excluding carboxylic acids is 1. The van der Waals surface area contributed by atoms with Gasteiger partial charge in [0, 0.05) is 28.1 Å². The summed E-state index contributed by atoms with van der Waals surface area (Å²) in [5.41, 5.74) is 0.721. The summed E-state index contributed by atoms with van der Waals surface area (Å²) in [6.07, 6.45) is 1.11. The molecule has 2 rings (SSSR count). The number of carbonyl (C=O) groups is 1. The first kappa shape index (κ1) is 16.9. The van der Waals surface area contributed by atoms with E-state index in [9.17, 15) is 18.0 Å². The first-order chi connectivity index (χ1) is 10.1. The number of ketones is 1. The van der Waals surface area contributed by atoms with E-state index in [1.165, 1.54) is 11.7 Å². The summed E-state index contributed by atoms with van der Waals surface area (Å²) in [4.78, 5) is 24.7. The monoisotopic (exact) mass is 434 g/mol. The van der Waals surface area contributed by atoms with Crippen molar-refractivity contribution in [1.82, 2.24) is 9.78 Å². The van der Waals surface area contributed by atoms with Crippen LogP contribution >= 0.6 is 22.6 Å². The minimum absolute atomic E-state index is 0.0402. The third kappa shape index (κ3) is 3.49. The zero-order chi connectivity index (χ0) is 16.7. The van der Waals surface area contributed by atoms with Crippen molar-refractivity contribution in [2.45, 2.75) is 12.7 Å². The summed E-state index contributed by atoms with van der Waals surface area (Å²) in [6.45, 7) is 1.64. The molecule has 0 unspecified atom stereocenters. The third-order valence-corrected chi connectivity index (χ3v) is 4.69. The standard InChI is InChI=1S/C14H15IN2O4S/c1-8-12(14(19)17(2)16-8)13(18)11-5-4-10(15)6-9(11)7-22(3,20)21/h4-6,16H,7H2,1-3H3. The van der Waals surface area contributed by atoms with Crippen LogP contribution in [0.3, 0.4) is 0 Å². The predicted molar refractivity (Wildman–Crippen MR) is 91.9 cm³/mol. The number of nitrogens with zero attached hydrogens (tertiary/aromatic N) is 1. The predicted octanol–water partition coefficient (Wildman–Crippen LogP) is 1.40. The van der Waals surface area contributed by atoms with Gasteiger partial charge in [0.05, 0.1) is 5.75 Å². The summed E-state index contributed by atoms with van der Waals surface area (Å²) >= 11 is 2.05. The van der Waals surface area contributed by atoms with Gasteiger partial charge in [0.25, 0.3) is 5.56 Å².